The Morgan fingerprint density at radius 3 is 2.71 bits per heavy atom. The number of nitrogens with zero attached hydrogens (tertiary/aromatic N) is 4. The lowest BCUT2D eigenvalue weighted by Gasteiger charge is -2.32. The van der Waals surface area contributed by atoms with E-state index < -0.39 is 0 Å². The Bertz CT molecular complexity index is 1300. The van der Waals surface area contributed by atoms with Crippen LogP contribution in [0.3, 0.4) is 0 Å². The van der Waals surface area contributed by atoms with Gasteiger partial charge in [0.15, 0.2) is 0 Å². The number of aryl methyl sites for hydroxylation is 1. The van der Waals surface area contributed by atoms with Crippen molar-refractivity contribution in [1.82, 2.24) is 20.4 Å². The van der Waals surface area contributed by atoms with Gasteiger partial charge in [-0.3, -0.25) is 4.79 Å². The molecule has 1 atom stereocenters. The second-order valence-electron chi connectivity index (χ2n) is 9.11. The predicted octanol–water partition coefficient (Wildman–Crippen LogP) is 4.78. The van der Waals surface area contributed by atoms with Crippen molar-refractivity contribution < 1.29 is 13.7 Å². The van der Waals surface area contributed by atoms with E-state index in [9.17, 15) is 9.18 Å². The number of amides is 1. The number of hydrogen-bond donors (Lipinski definition) is 1. The molecular weight excluding hydrogens is 445 g/mol. The van der Waals surface area contributed by atoms with Gasteiger partial charge in [-0.2, -0.15) is 4.98 Å². The Labute approximate surface area is 203 Å². The molecule has 0 aliphatic carbocycles. The van der Waals surface area contributed by atoms with Crippen molar-refractivity contribution in [3.8, 4) is 11.3 Å². The number of nitrogens with one attached hydrogen (secondary N) is 1. The third-order valence-electron chi connectivity index (χ3n) is 6.61. The molecule has 180 valence electrons. The molecule has 8 heteroatoms. The molecule has 1 aliphatic heterocycles. The number of carbonyl (C=O) groups excluding carboxylic acids is 1. The standard InChI is InChI=1S/C27H28FN5O2/c1-18(10-11-19-6-3-2-4-7-19)31-26(34)20-12-14-33(15-13-20)25-23-24(21-8-5-9-22(28)16-21)32-35-27(23)30-17-29-25/h2-9,16-18,20H,10-15H2,1H3,(H,31,34)/t18-/m0/s1. The quantitative estimate of drug-likeness (QED) is 0.416. The fourth-order valence-electron chi connectivity index (χ4n) is 4.66. The highest BCUT2D eigenvalue weighted by atomic mass is 19.1. The van der Waals surface area contributed by atoms with Crippen molar-refractivity contribution in [2.45, 2.75) is 38.6 Å². The maximum Gasteiger partial charge on any atom is 0.263 e. The number of rotatable bonds is 7. The molecule has 0 radical (unpaired) electrons. The van der Waals surface area contributed by atoms with Gasteiger partial charge in [0.2, 0.25) is 5.91 Å². The molecule has 1 fully saturated rings. The number of carbonyl (C=O) groups is 1. The van der Waals surface area contributed by atoms with Gasteiger partial charge in [0, 0.05) is 30.6 Å². The average molecular weight is 474 g/mol. The van der Waals surface area contributed by atoms with Crippen molar-refractivity contribution in [2.24, 2.45) is 5.92 Å². The Hall–Kier alpha value is -3.81. The van der Waals surface area contributed by atoms with E-state index >= 15 is 0 Å². The minimum atomic E-state index is -0.345. The molecule has 1 N–H and O–H groups in total. The second-order valence-corrected chi connectivity index (χ2v) is 9.11. The number of anilines is 1. The van der Waals surface area contributed by atoms with Gasteiger partial charge in [-0.25, -0.2) is 9.37 Å². The number of benzene rings is 2. The number of hydrogen-bond acceptors (Lipinski definition) is 6. The molecule has 3 heterocycles. The molecule has 1 saturated heterocycles. The van der Waals surface area contributed by atoms with Crippen LogP contribution < -0.4 is 10.2 Å². The molecule has 4 aromatic rings. The largest absolute Gasteiger partial charge is 0.356 e. The zero-order valence-corrected chi connectivity index (χ0v) is 19.7. The number of piperidine rings is 1. The van der Waals surface area contributed by atoms with Crippen LogP contribution in [0.4, 0.5) is 10.2 Å². The van der Waals surface area contributed by atoms with Crippen molar-refractivity contribution >= 4 is 22.8 Å². The molecule has 2 aromatic heterocycles. The van der Waals surface area contributed by atoms with Gasteiger partial charge in [-0.15, -0.1) is 0 Å². The summed E-state index contributed by atoms with van der Waals surface area (Å²) in [7, 11) is 0. The van der Waals surface area contributed by atoms with Gasteiger partial charge >= 0.3 is 0 Å². The van der Waals surface area contributed by atoms with Crippen molar-refractivity contribution in [3.05, 3.63) is 72.3 Å². The van der Waals surface area contributed by atoms with E-state index in [0.29, 0.717) is 41.3 Å². The fraction of sp³-hybridized carbons (Fsp3) is 0.333. The normalized spacial score (nSPS) is 15.3. The first-order valence-corrected chi connectivity index (χ1v) is 12.0. The van der Waals surface area contributed by atoms with Gasteiger partial charge in [-0.05, 0) is 50.3 Å². The van der Waals surface area contributed by atoms with Crippen LogP contribution in [-0.2, 0) is 11.2 Å². The molecule has 35 heavy (non-hydrogen) atoms. The lowest BCUT2D eigenvalue weighted by molar-refractivity contribution is -0.126. The summed E-state index contributed by atoms with van der Waals surface area (Å²) in [5.74, 6) is 0.434. The highest BCUT2D eigenvalue weighted by Gasteiger charge is 2.29. The summed E-state index contributed by atoms with van der Waals surface area (Å²) in [6.07, 6.45) is 4.75. The zero-order valence-electron chi connectivity index (χ0n) is 19.7. The van der Waals surface area contributed by atoms with E-state index in [2.05, 4.69) is 44.4 Å². The zero-order chi connectivity index (χ0) is 24.2. The molecule has 1 aliphatic rings. The van der Waals surface area contributed by atoms with Crippen LogP contribution in [-0.4, -0.2) is 40.2 Å². The molecule has 5 rings (SSSR count). The molecule has 0 bridgehead atoms. The Morgan fingerprint density at radius 2 is 1.94 bits per heavy atom. The SMILES string of the molecule is C[C@@H](CCc1ccccc1)NC(=O)C1CCN(c2ncnc3onc(-c4cccc(F)c4)c23)CC1. The average Bonchev–Trinajstić information content (AvgIpc) is 3.33. The second kappa shape index (κ2) is 10.2. The van der Waals surface area contributed by atoms with E-state index in [4.69, 9.17) is 4.52 Å². The summed E-state index contributed by atoms with van der Waals surface area (Å²) in [4.78, 5) is 23.7. The summed E-state index contributed by atoms with van der Waals surface area (Å²) >= 11 is 0. The van der Waals surface area contributed by atoms with Gasteiger partial charge in [0.1, 0.15) is 29.0 Å². The van der Waals surface area contributed by atoms with Crippen LogP contribution in [0.2, 0.25) is 0 Å². The third-order valence-corrected chi connectivity index (χ3v) is 6.61. The van der Waals surface area contributed by atoms with Crippen molar-refractivity contribution in [2.75, 3.05) is 18.0 Å². The van der Waals surface area contributed by atoms with Gasteiger partial charge in [0.25, 0.3) is 5.71 Å². The lowest BCUT2D eigenvalue weighted by atomic mass is 9.95. The fourth-order valence-corrected chi connectivity index (χ4v) is 4.66. The molecular formula is C27H28FN5O2. The Kier molecular flexibility index (Phi) is 6.70. The molecule has 1 amide bonds. The van der Waals surface area contributed by atoms with Crippen LogP contribution in [0.5, 0.6) is 0 Å². The van der Waals surface area contributed by atoms with E-state index in [-0.39, 0.29) is 23.7 Å². The number of aromatic nitrogens is 3. The predicted molar refractivity (Wildman–Crippen MR) is 132 cm³/mol. The highest BCUT2D eigenvalue weighted by Crippen LogP contribution is 2.34. The van der Waals surface area contributed by atoms with E-state index in [0.717, 1.165) is 25.7 Å². The van der Waals surface area contributed by atoms with Crippen LogP contribution in [0, 0.1) is 11.7 Å². The minimum absolute atomic E-state index is 0.0343. The summed E-state index contributed by atoms with van der Waals surface area (Å²) in [5.41, 5.74) is 2.77. The first kappa shape index (κ1) is 23.0. The monoisotopic (exact) mass is 473 g/mol. The molecule has 7 nitrogen and oxygen atoms in total. The Balaban J connectivity index is 1.23. The Morgan fingerprint density at radius 1 is 1.14 bits per heavy atom. The highest BCUT2D eigenvalue weighted by molar-refractivity contribution is 5.98. The van der Waals surface area contributed by atoms with Crippen molar-refractivity contribution in [1.29, 1.82) is 0 Å². The number of halogens is 1. The minimum Gasteiger partial charge on any atom is -0.356 e. The topological polar surface area (TPSA) is 84.2 Å². The lowest BCUT2D eigenvalue weighted by Crippen LogP contribution is -2.43. The summed E-state index contributed by atoms with van der Waals surface area (Å²) < 4.78 is 19.2. The number of fused-ring (bicyclic) bond motifs is 1. The van der Waals surface area contributed by atoms with Crippen molar-refractivity contribution in [3.63, 3.8) is 0 Å². The van der Waals surface area contributed by atoms with E-state index in [1.807, 2.05) is 18.2 Å². The van der Waals surface area contributed by atoms with Gasteiger partial charge in [-0.1, -0.05) is 47.6 Å². The van der Waals surface area contributed by atoms with Gasteiger partial charge in [0.05, 0.1) is 0 Å². The van der Waals surface area contributed by atoms with Gasteiger partial charge < -0.3 is 14.7 Å². The first-order valence-electron chi connectivity index (χ1n) is 12.0. The van der Waals surface area contributed by atoms with Crippen LogP contribution >= 0.6 is 0 Å². The van der Waals surface area contributed by atoms with Crippen LogP contribution in [0.15, 0.2) is 65.4 Å². The maximum atomic E-state index is 13.8. The smallest absolute Gasteiger partial charge is 0.263 e. The summed E-state index contributed by atoms with van der Waals surface area (Å²) in [6.45, 7) is 3.42. The molecule has 0 unspecified atom stereocenters. The summed E-state index contributed by atoms with van der Waals surface area (Å²) in [5, 5.41) is 8.00. The molecule has 0 saturated carbocycles. The van der Waals surface area contributed by atoms with E-state index in [1.54, 1.807) is 12.1 Å². The first-order chi connectivity index (χ1) is 17.1. The maximum absolute atomic E-state index is 13.8. The third kappa shape index (κ3) is 5.16. The molecule has 0 spiro atoms. The van der Waals surface area contributed by atoms with Crippen LogP contribution in [0.25, 0.3) is 22.4 Å². The van der Waals surface area contributed by atoms with E-state index in [1.165, 1.54) is 24.0 Å². The summed E-state index contributed by atoms with van der Waals surface area (Å²) in [6, 6.07) is 16.7. The van der Waals surface area contributed by atoms with Crippen LogP contribution in [0.1, 0.15) is 31.7 Å². The molecule has 2 aromatic carbocycles.